The molecule has 8 nitrogen and oxygen atoms in total. The highest BCUT2D eigenvalue weighted by molar-refractivity contribution is 8.00. The Morgan fingerprint density at radius 1 is 0.974 bits per heavy atom. The number of piperidine rings is 1. The van der Waals surface area contributed by atoms with Gasteiger partial charge in [0.25, 0.3) is 0 Å². The Hall–Kier alpha value is -3.08. The van der Waals surface area contributed by atoms with Gasteiger partial charge < -0.3 is 10.0 Å². The number of carbonyl (C=O) groups is 3. The van der Waals surface area contributed by atoms with E-state index >= 15 is 0 Å². The fourth-order valence-electron chi connectivity index (χ4n) is 5.56. The fourth-order valence-corrected chi connectivity index (χ4v) is 8.45. The van der Waals surface area contributed by atoms with E-state index in [0.29, 0.717) is 39.3 Å². The summed E-state index contributed by atoms with van der Waals surface area (Å²) in [5.74, 6) is -2.48. The number of hydrogen-bond acceptors (Lipinski definition) is 7. The summed E-state index contributed by atoms with van der Waals surface area (Å²) in [4.78, 5) is 57.1. The number of thioether (sulfide) groups is 1. The highest BCUT2D eigenvalue weighted by atomic mass is 35.5. The molecule has 3 atom stereocenters. The molecule has 0 aliphatic carbocycles. The number of benzene rings is 2. The normalized spacial score (nSPS) is 22.9. The van der Waals surface area contributed by atoms with Gasteiger partial charge in [-0.2, -0.15) is 0 Å². The van der Waals surface area contributed by atoms with Gasteiger partial charge in [0.2, 0.25) is 17.7 Å². The number of aromatic hydroxyl groups is 1. The molecule has 0 unspecified atom stereocenters. The van der Waals surface area contributed by atoms with Crippen LogP contribution in [0.4, 0.5) is 5.69 Å². The number of para-hydroxylation sites is 1. The molecule has 3 aromatic rings. The molecule has 0 radical (unpaired) electrons. The largest absolute Gasteiger partial charge is 0.508 e. The zero-order chi connectivity index (χ0) is 26.6. The first kappa shape index (κ1) is 25.2. The topological polar surface area (TPSA) is 99.9 Å². The van der Waals surface area contributed by atoms with E-state index in [4.69, 9.17) is 11.6 Å². The minimum Gasteiger partial charge on any atom is -0.508 e. The van der Waals surface area contributed by atoms with Crippen LogP contribution in [0.25, 0.3) is 0 Å². The minimum absolute atomic E-state index is 0.0175. The Balaban J connectivity index is 1.45. The van der Waals surface area contributed by atoms with E-state index in [1.807, 2.05) is 0 Å². The van der Waals surface area contributed by atoms with Crippen LogP contribution in [0.15, 0.2) is 58.4 Å². The van der Waals surface area contributed by atoms with Gasteiger partial charge >= 0.3 is 4.87 Å². The zero-order valence-electron chi connectivity index (χ0n) is 20.2. The lowest BCUT2D eigenvalue weighted by Gasteiger charge is -2.31. The number of phenolic OH excluding ortho intramolecular Hbond substituents is 1. The van der Waals surface area contributed by atoms with E-state index in [1.54, 1.807) is 47.4 Å². The third-order valence-corrected chi connectivity index (χ3v) is 10.3. The maximum atomic E-state index is 13.9. The Kier molecular flexibility index (Phi) is 6.57. The molecular weight excluding hydrogens is 546 g/mol. The first-order valence-electron chi connectivity index (χ1n) is 12.4. The predicted octanol–water partition coefficient (Wildman–Crippen LogP) is 4.08. The molecule has 196 valence electrons. The summed E-state index contributed by atoms with van der Waals surface area (Å²) in [5.41, 5.74) is 0.885. The van der Waals surface area contributed by atoms with Crippen LogP contribution in [0, 0.1) is 5.92 Å². The van der Waals surface area contributed by atoms with Crippen LogP contribution in [0.2, 0.25) is 5.02 Å². The lowest BCUT2D eigenvalue weighted by Crippen LogP contribution is -2.39. The van der Waals surface area contributed by atoms with Crippen molar-refractivity contribution in [2.75, 3.05) is 18.0 Å². The van der Waals surface area contributed by atoms with Crippen molar-refractivity contribution < 1.29 is 19.5 Å². The fraction of sp³-hybridized carbons (Fsp3) is 0.333. The number of fused-ring (bicyclic) bond motifs is 2. The van der Waals surface area contributed by atoms with E-state index in [0.717, 1.165) is 42.4 Å². The van der Waals surface area contributed by atoms with Crippen molar-refractivity contribution in [1.82, 2.24) is 9.47 Å². The van der Waals surface area contributed by atoms with Gasteiger partial charge in [-0.3, -0.25) is 23.7 Å². The number of rotatable bonds is 4. The quantitative estimate of drug-likeness (QED) is 0.475. The van der Waals surface area contributed by atoms with E-state index in [-0.39, 0.29) is 23.1 Å². The predicted molar refractivity (Wildman–Crippen MR) is 146 cm³/mol. The second-order valence-electron chi connectivity index (χ2n) is 9.65. The van der Waals surface area contributed by atoms with Crippen LogP contribution < -0.4 is 9.77 Å². The van der Waals surface area contributed by atoms with Crippen LogP contribution in [0.3, 0.4) is 0 Å². The number of imide groups is 1. The number of halogens is 1. The number of nitrogens with zero attached hydrogens (tertiary/aromatic N) is 3. The molecule has 2 aromatic carbocycles. The molecule has 3 amide bonds. The molecule has 2 saturated heterocycles. The van der Waals surface area contributed by atoms with Crippen molar-refractivity contribution in [1.29, 1.82) is 0 Å². The molecule has 38 heavy (non-hydrogen) atoms. The average Bonchev–Trinajstić information content (AvgIpc) is 3.36. The lowest BCUT2D eigenvalue weighted by atomic mass is 9.82. The first-order valence-corrected chi connectivity index (χ1v) is 14.5. The molecule has 6 rings (SSSR count). The third kappa shape index (κ3) is 4.15. The molecule has 0 saturated carbocycles. The van der Waals surface area contributed by atoms with Crippen LogP contribution in [0.5, 0.6) is 5.75 Å². The molecule has 3 aliphatic heterocycles. The second kappa shape index (κ2) is 9.91. The Bertz CT molecular complexity index is 1500. The van der Waals surface area contributed by atoms with Crippen molar-refractivity contribution in [3.8, 4) is 5.75 Å². The first-order chi connectivity index (χ1) is 18.3. The van der Waals surface area contributed by atoms with E-state index in [9.17, 15) is 24.3 Å². The van der Waals surface area contributed by atoms with E-state index in [2.05, 4.69) is 0 Å². The van der Waals surface area contributed by atoms with Crippen LogP contribution in [0.1, 0.15) is 35.6 Å². The molecule has 1 N–H and O–H groups in total. The van der Waals surface area contributed by atoms with Crippen LogP contribution in [-0.4, -0.2) is 50.6 Å². The SMILES string of the molecule is O=C(Cn1c2c(sc1=O)[C@@H](c1ccccc1O)[C@H]1C(=O)N(c3ccc(Cl)cc3)C(=O)[C@H]1S2)N1CCCCC1. The van der Waals surface area contributed by atoms with Gasteiger partial charge in [0.05, 0.1) is 16.6 Å². The number of thiazole rings is 1. The smallest absolute Gasteiger partial charge is 0.308 e. The van der Waals surface area contributed by atoms with Gasteiger partial charge in [-0.1, -0.05) is 52.9 Å². The molecule has 4 heterocycles. The van der Waals surface area contributed by atoms with Gasteiger partial charge in [0.1, 0.15) is 17.5 Å². The highest BCUT2D eigenvalue weighted by Gasteiger charge is 2.57. The Morgan fingerprint density at radius 3 is 2.39 bits per heavy atom. The molecular formula is C27H24ClN3O5S2. The standard InChI is InChI=1S/C27H24ClN3O5S2/c28-15-8-10-16(11-9-15)31-24(34)21-20(17-6-2-3-7-18(17)32)23-26(37-22(21)25(31)35)30(27(36)38-23)14-19(33)29-12-4-1-5-13-29/h2-3,6-11,20-22,32H,1,4-5,12-14H2/t20-,21+,22-/m0/s1. The number of amides is 3. The highest BCUT2D eigenvalue weighted by Crippen LogP contribution is 2.55. The molecule has 1 aromatic heterocycles. The molecule has 2 fully saturated rings. The molecule has 0 spiro atoms. The summed E-state index contributed by atoms with van der Waals surface area (Å²) in [5, 5.41) is 11.0. The second-order valence-corrected chi connectivity index (χ2v) is 12.2. The summed E-state index contributed by atoms with van der Waals surface area (Å²) in [7, 11) is 0. The Morgan fingerprint density at radius 2 is 1.68 bits per heavy atom. The number of carbonyl (C=O) groups excluding carboxylic acids is 3. The van der Waals surface area contributed by atoms with E-state index in [1.165, 1.54) is 15.5 Å². The number of anilines is 1. The van der Waals surface area contributed by atoms with Crippen molar-refractivity contribution in [3.63, 3.8) is 0 Å². The third-order valence-electron chi connectivity index (χ3n) is 7.41. The van der Waals surface area contributed by atoms with Crippen molar-refractivity contribution in [2.45, 2.75) is 42.0 Å². The molecule has 11 heteroatoms. The zero-order valence-corrected chi connectivity index (χ0v) is 22.6. The average molecular weight is 570 g/mol. The number of hydrogen-bond donors (Lipinski definition) is 1. The van der Waals surface area contributed by atoms with Crippen molar-refractivity contribution >= 4 is 58.1 Å². The maximum Gasteiger partial charge on any atom is 0.308 e. The lowest BCUT2D eigenvalue weighted by molar-refractivity contribution is -0.133. The summed E-state index contributed by atoms with van der Waals surface area (Å²) in [6.07, 6.45) is 2.96. The van der Waals surface area contributed by atoms with Crippen molar-refractivity contribution in [2.24, 2.45) is 5.92 Å². The van der Waals surface area contributed by atoms with Crippen molar-refractivity contribution in [3.05, 3.63) is 73.7 Å². The van der Waals surface area contributed by atoms with E-state index < -0.39 is 28.9 Å². The van der Waals surface area contributed by atoms with Gasteiger partial charge in [0, 0.05) is 34.5 Å². The van der Waals surface area contributed by atoms with Crippen LogP contribution in [-0.2, 0) is 20.9 Å². The monoisotopic (exact) mass is 569 g/mol. The number of likely N-dealkylation sites (tertiary alicyclic amines) is 1. The summed E-state index contributed by atoms with van der Waals surface area (Å²) >= 11 is 8.17. The van der Waals surface area contributed by atoms with Gasteiger partial charge in [-0.15, -0.1) is 0 Å². The molecule has 3 aliphatic rings. The molecule has 0 bridgehead atoms. The van der Waals surface area contributed by atoms with Gasteiger partial charge in [-0.05, 0) is 49.6 Å². The van der Waals surface area contributed by atoms with Gasteiger partial charge in [-0.25, -0.2) is 4.90 Å². The Labute approximate surface area is 231 Å². The number of phenols is 1. The number of aromatic nitrogens is 1. The summed E-state index contributed by atoms with van der Waals surface area (Å²) in [6, 6.07) is 13.2. The van der Waals surface area contributed by atoms with Gasteiger partial charge in [0.15, 0.2) is 0 Å². The van der Waals surface area contributed by atoms with Crippen LogP contribution >= 0.6 is 34.7 Å². The summed E-state index contributed by atoms with van der Waals surface area (Å²) < 4.78 is 1.44. The summed E-state index contributed by atoms with van der Waals surface area (Å²) in [6.45, 7) is 1.22. The maximum absolute atomic E-state index is 13.9. The minimum atomic E-state index is -0.826.